The van der Waals surface area contributed by atoms with Gasteiger partial charge in [0.2, 0.25) is 0 Å². The number of aliphatic hydroxyl groups is 1. The van der Waals surface area contributed by atoms with Gasteiger partial charge in [-0.2, -0.15) is 0 Å². The highest BCUT2D eigenvalue weighted by molar-refractivity contribution is 5.40. The van der Waals surface area contributed by atoms with Gasteiger partial charge in [-0.25, -0.2) is 0 Å². The third-order valence-corrected chi connectivity index (χ3v) is 15.1. The highest BCUT2D eigenvalue weighted by atomic mass is 16.5. The van der Waals surface area contributed by atoms with Crippen LogP contribution in [0.2, 0.25) is 0 Å². The van der Waals surface area contributed by atoms with Crippen LogP contribution in [0.4, 0.5) is 0 Å². The van der Waals surface area contributed by atoms with Crippen LogP contribution in [0.15, 0.2) is 18.2 Å². The summed E-state index contributed by atoms with van der Waals surface area (Å²) in [5.74, 6) is 10.9. The largest absolute Gasteiger partial charge is 0.508 e. The number of aliphatic hydroxyl groups excluding tert-OH is 1. The summed E-state index contributed by atoms with van der Waals surface area (Å²) >= 11 is 0. The predicted molar refractivity (Wildman–Crippen MR) is 178 cm³/mol. The second kappa shape index (κ2) is 11.3. The van der Waals surface area contributed by atoms with Gasteiger partial charge in [-0.05, 0) is 156 Å². The van der Waals surface area contributed by atoms with E-state index in [-0.39, 0.29) is 35.6 Å². The number of benzene rings is 1. The first-order valence-corrected chi connectivity index (χ1v) is 18.8. The lowest BCUT2D eigenvalue weighted by molar-refractivity contribution is -0.362. The van der Waals surface area contributed by atoms with Crippen LogP contribution in [0.1, 0.15) is 108 Å². The number of phenols is 1. The van der Waals surface area contributed by atoms with Crippen LogP contribution in [0.5, 0.6) is 5.75 Å². The molecule has 6 aliphatic carbocycles. The van der Waals surface area contributed by atoms with Crippen LogP contribution in [-0.2, 0) is 17.6 Å². The maximum atomic E-state index is 11.0. The Morgan fingerprint density at radius 1 is 1.00 bits per heavy atom. The first-order valence-electron chi connectivity index (χ1n) is 18.8. The highest BCUT2D eigenvalue weighted by Gasteiger charge is 2.76. The first-order chi connectivity index (χ1) is 21.7. The molecule has 7 fully saturated rings. The van der Waals surface area contributed by atoms with Crippen molar-refractivity contribution in [1.82, 2.24) is 5.32 Å². The lowest BCUT2D eigenvalue weighted by atomic mass is 9.38. The minimum absolute atomic E-state index is 0.0546. The minimum Gasteiger partial charge on any atom is -0.508 e. The molecule has 11 atom stereocenters. The van der Waals surface area contributed by atoms with Gasteiger partial charge in [-0.1, -0.05) is 37.2 Å². The van der Waals surface area contributed by atoms with Crippen LogP contribution in [0.3, 0.4) is 0 Å². The van der Waals surface area contributed by atoms with Crippen molar-refractivity contribution in [3.05, 3.63) is 29.3 Å². The summed E-state index contributed by atoms with van der Waals surface area (Å²) in [7, 11) is 2.10. The summed E-state index contributed by atoms with van der Waals surface area (Å²) in [6.07, 6.45) is 19.1. The molecule has 5 N–H and O–H groups in total. The maximum Gasteiger partial charge on any atom is 0.115 e. The van der Waals surface area contributed by atoms with Gasteiger partial charge in [-0.15, -0.1) is 0 Å². The molecule has 2 heterocycles. The molecule has 2 spiro atoms. The van der Waals surface area contributed by atoms with E-state index in [2.05, 4.69) is 37.2 Å². The fourth-order valence-corrected chi connectivity index (χ4v) is 13.6. The van der Waals surface area contributed by atoms with Crippen LogP contribution in [-0.4, -0.2) is 47.2 Å². The van der Waals surface area contributed by atoms with Gasteiger partial charge in [0.05, 0.1) is 17.1 Å². The second-order valence-corrected chi connectivity index (χ2v) is 17.4. The van der Waals surface area contributed by atoms with E-state index in [4.69, 9.17) is 10.5 Å². The third kappa shape index (κ3) is 4.70. The number of rotatable bonds is 4. The molecule has 5 nitrogen and oxygen atoms in total. The quantitative estimate of drug-likeness (QED) is 0.296. The molecule has 6 bridgehead atoms. The van der Waals surface area contributed by atoms with Crippen molar-refractivity contribution in [2.45, 2.75) is 126 Å². The van der Waals surface area contributed by atoms with Crippen molar-refractivity contribution in [1.29, 1.82) is 0 Å². The number of phenolic OH excluding ortho intramolecular Hbond substituents is 1. The van der Waals surface area contributed by atoms with Crippen molar-refractivity contribution in [2.24, 2.45) is 58.5 Å². The zero-order valence-electron chi connectivity index (χ0n) is 28.0. The molecule has 1 aromatic rings. The van der Waals surface area contributed by atoms with E-state index in [0.29, 0.717) is 47.2 Å². The number of aromatic hydroxyl groups is 1. The third-order valence-electron chi connectivity index (χ3n) is 15.1. The molecule has 5 heteroatoms. The summed E-state index contributed by atoms with van der Waals surface area (Å²) in [4.78, 5) is 0. The Morgan fingerprint density at radius 2 is 1.84 bits per heavy atom. The number of hydrogen-bond donors (Lipinski definition) is 4. The Hall–Kier alpha value is -1.58. The zero-order chi connectivity index (χ0) is 31.0. The molecule has 0 radical (unpaired) electrons. The monoisotopic (exact) mass is 614 g/mol. The standard InChI is InChI=1S/C40H58N2O3/c1-37(31-9-5-7-26(18-31)24-42-2)36-30-11-13-32(25-43)40(36,41)35-10-6-8-28-20-34(44)14-12-29(28)17-27-19-33(39(35,22-30)45-37)23-38(21-27)15-3-4-16-38/h12,14,20,26-27,30-33,35-36,42-44H,3-5,7-9,11,13,15-19,21-25,41H2,1-2H3/t26-,27-,30+,31+,32+,33+,35-,36+,37-,39-,40+/m1/s1. The van der Waals surface area contributed by atoms with Gasteiger partial charge < -0.3 is 26.0 Å². The van der Waals surface area contributed by atoms with Crippen LogP contribution >= 0.6 is 0 Å². The smallest absolute Gasteiger partial charge is 0.115 e. The number of fused-ring (bicyclic) bond motifs is 4. The number of ether oxygens (including phenoxy) is 1. The number of nitrogens with two attached hydrogens (primary N) is 1. The van der Waals surface area contributed by atoms with E-state index >= 15 is 0 Å². The van der Waals surface area contributed by atoms with Crippen LogP contribution in [0, 0.1) is 64.6 Å². The SMILES string of the molecule is CNC[C@@H]1CCC[C@H]([C@@]2(C)O[C@@]34C[C@@H]5CC[C@@H](CO)[C@](N)([C@@H]3C#CCc3cc(O)ccc3C[C@@H]3C[C@H]4CC4(CCCC4)C3)[C@@H]52)C1. The van der Waals surface area contributed by atoms with E-state index < -0.39 is 5.54 Å². The Kier molecular flexibility index (Phi) is 7.69. The van der Waals surface area contributed by atoms with Gasteiger partial charge in [-0.3, -0.25) is 0 Å². The molecule has 9 rings (SSSR count). The molecule has 0 unspecified atom stereocenters. The molecular formula is C40H58N2O3. The van der Waals surface area contributed by atoms with E-state index in [1.165, 1.54) is 81.8 Å². The Labute approximate surface area is 271 Å². The molecule has 2 saturated heterocycles. The summed E-state index contributed by atoms with van der Waals surface area (Å²) < 4.78 is 8.06. The lowest BCUT2D eigenvalue weighted by Crippen LogP contribution is -2.84. The molecule has 8 aliphatic rings. The maximum absolute atomic E-state index is 11.0. The predicted octanol–water partition coefficient (Wildman–Crippen LogP) is 6.38. The molecular weight excluding hydrogens is 556 g/mol. The first kappa shape index (κ1) is 30.7. The van der Waals surface area contributed by atoms with Crippen molar-refractivity contribution >= 4 is 0 Å². The van der Waals surface area contributed by atoms with E-state index in [1.807, 2.05) is 12.1 Å². The number of nitrogens with one attached hydrogen (secondary N) is 1. The zero-order valence-corrected chi connectivity index (χ0v) is 28.0. The van der Waals surface area contributed by atoms with Gasteiger partial charge in [0, 0.05) is 30.4 Å². The van der Waals surface area contributed by atoms with E-state index in [9.17, 15) is 10.2 Å². The summed E-state index contributed by atoms with van der Waals surface area (Å²) in [6.45, 7) is 3.71. The average Bonchev–Trinajstić information content (AvgIpc) is 3.46. The van der Waals surface area contributed by atoms with E-state index in [1.54, 1.807) is 0 Å². The molecule has 246 valence electrons. The molecule has 0 amide bonds. The van der Waals surface area contributed by atoms with E-state index in [0.717, 1.165) is 32.2 Å². The molecule has 2 aliphatic heterocycles. The van der Waals surface area contributed by atoms with Crippen molar-refractivity contribution in [3.63, 3.8) is 0 Å². The topological polar surface area (TPSA) is 87.7 Å². The fraction of sp³-hybridized carbons (Fsp3) is 0.800. The van der Waals surface area contributed by atoms with Crippen molar-refractivity contribution in [2.75, 3.05) is 20.2 Å². The van der Waals surface area contributed by atoms with Gasteiger partial charge in [0.25, 0.3) is 0 Å². The molecule has 5 saturated carbocycles. The van der Waals surface area contributed by atoms with Crippen LogP contribution < -0.4 is 11.1 Å². The molecule has 0 aromatic heterocycles. The molecule has 1 aromatic carbocycles. The summed E-state index contributed by atoms with van der Waals surface area (Å²) in [5, 5.41) is 25.0. The minimum atomic E-state index is -0.558. The highest BCUT2D eigenvalue weighted by Crippen LogP contribution is 2.71. The fourth-order valence-electron chi connectivity index (χ4n) is 13.6. The second-order valence-electron chi connectivity index (χ2n) is 17.4. The average molecular weight is 615 g/mol. The Morgan fingerprint density at radius 3 is 2.64 bits per heavy atom. The summed E-state index contributed by atoms with van der Waals surface area (Å²) in [5.41, 5.74) is 9.78. The lowest BCUT2D eigenvalue weighted by Gasteiger charge is -2.75. The van der Waals surface area contributed by atoms with Gasteiger partial charge in [0.15, 0.2) is 0 Å². The van der Waals surface area contributed by atoms with Gasteiger partial charge in [0.1, 0.15) is 5.75 Å². The Balaban J connectivity index is 1.30. The van der Waals surface area contributed by atoms with Gasteiger partial charge >= 0.3 is 0 Å². The van der Waals surface area contributed by atoms with Crippen molar-refractivity contribution in [3.8, 4) is 17.6 Å². The van der Waals surface area contributed by atoms with Crippen molar-refractivity contribution < 1.29 is 14.9 Å². The molecule has 45 heavy (non-hydrogen) atoms. The normalized spacial score (nSPS) is 46.4. The number of hydrogen-bond acceptors (Lipinski definition) is 5. The Bertz CT molecular complexity index is 1340. The van der Waals surface area contributed by atoms with Crippen LogP contribution in [0.25, 0.3) is 0 Å². The summed E-state index contributed by atoms with van der Waals surface area (Å²) in [6, 6.07) is 6.00.